The van der Waals surface area contributed by atoms with Gasteiger partial charge in [-0.1, -0.05) is 11.6 Å². The van der Waals surface area contributed by atoms with Crippen molar-refractivity contribution < 1.29 is 18.7 Å². The van der Waals surface area contributed by atoms with Crippen LogP contribution in [0.4, 0.5) is 25.1 Å². The van der Waals surface area contributed by atoms with Crippen molar-refractivity contribution >= 4 is 34.8 Å². The van der Waals surface area contributed by atoms with E-state index in [1.54, 1.807) is 6.20 Å². The lowest BCUT2D eigenvalue weighted by Gasteiger charge is -2.20. The molecular weight excluding hydrogens is 354 g/mol. The Bertz CT molecular complexity index is 983. The summed E-state index contributed by atoms with van der Waals surface area (Å²) in [5.41, 5.74) is 1.12. The molecule has 0 atom stereocenters. The van der Waals surface area contributed by atoms with Gasteiger partial charge in [0.1, 0.15) is 22.6 Å². The number of aromatic nitrogens is 3. The zero-order valence-electron chi connectivity index (χ0n) is 12.7. The van der Waals surface area contributed by atoms with E-state index in [9.17, 15) is 18.7 Å². The molecule has 0 unspecified atom stereocenters. The van der Waals surface area contributed by atoms with Crippen LogP contribution >= 0.6 is 11.6 Å². The molecule has 1 aliphatic carbocycles. The maximum Gasteiger partial charge on any atom is 0.417 e. The summed E-state index contributed by atoms with van der Waals surface area (Å²) in [4.78, 5) is 16.8. The van der Waals surface area contributed by atoms with Crippen LogP contribution < -0.4 is 4.90 Å². The number of anilines is 2. The van der Waals surface area contributed by atoms with Gasteiger partial charge in [0.15, 0.2) is 5.65 Å². The fourth-order valence-electron chi connectivity index (χ4n) is 2.79. The van der Waals surface area contributed by atoms with Crippen LogP contribution in [-0.4, -0.2) is 25.8 Å². The van der Waals surface area contributed by atoms with Gasteiger partial charge in [0.25, 0.3) is 0 Å². The third-order valence-electron chi connectivity index (χ3n) is 3.99. The predicted molar refractivity (Wildman–Crippen MR) is 86.5 cm³/mol. The van der Waals surface area contributed by atoms with E-state index in [-0.39, 0.29) is 16.7 Å². The number of rotatable bonds is 3. The molecule has 1 fully saturated rings. The van der Waals surface area contributed by atoms with Gasteiger partial charge in [-0.2, -0.15) is 9.61 Å². The van der Waals surface area contributed by atoms with Crippen molar-refractivity contribution in [2.45, 2.75) is 18.8 Å². The van der Waals surface area contributed by atoms with Crippen LogP contribution in [0, 0.1) is 11.6 Å². The number of fused-ring (bicyclic) bond motifs is 1. The molecule has 1 N–H and O–H groups in total. The highest BCUT2D eigenvalue weighted by molar-refractivity contribution is 6.29. The maximum absolute atomic E-state index is 13.6. The molecule has 2 aromatic heterocycles. The third kappa shape index (κ3) is 2.78. The first-order valence-corrected chi connectivity index (χ1v) is 7.85. The molecule has 4 rings (SSSR count). The van der Waals surface area contributed by atoms with Crippen molar-refractivity contribution in [1.82, 2.24) is 14.6 Å². The van der Waals surface area contributed by atoms with Crippen molar-refractivity contribution in [2.75, 3.05) is 4.90 Å². The van der Waals surface area contributed by atoms with E-state index in [0.29, 0.717) is 17.6 Å². The number of hydrogen-bond donors (Lipinski definition) is 1. The van der Waals surface area contributed by atoms with Gasteiger partial charge in [0.2, 0.25) is 0 Å². The van der Waals surface area contributed by atoms with E-state index in [4.69, 9.17) is 11.6 Å². The van der Waals surface area contributed by atoms with Gasteiger partial charge in [-0.05, 0) is 30.9 Å². The van der Waals surface area contributed by atoms with E-state index < -0.39 is 17.7 Å². The van der Waals surface area contributed by atoms with Gasteiger partial charge < -0.3 is 5.11 Å². The van der Waals surface area contributed by atoms with Crippen LogP contribution in [0.3, 0.4) is 0 Å². The summed E-state index contributed by atoms with van der Waals surface area (Å²) < 4.78 is 28.4. The number of carboxylic acid groups (broad SMARTS) is 1. The molecule has 0 saturated heterocycles. The molecule has 1 saturated carbocycles. The van der Waals surface area contributed by atoms with Crippen molar-refractivity contribution in [3.8, 4) is 0 Å². The van der Waals surface area contributed by atoms with E-state index in [1.165, 1.54) is 10.6 Å². The Morgan fingerprint density at radius 1 is 1.24 bits per heavy atom. The molecular formula is C16H11ClF2N4O2. The zero-order chi connectivity index (χ0) is 17.7. The SMILES string of the molecule is O=C(O)N(c1cc(F)cc(F)c1)c1cc(Cl)nc2c(C3CC3)cnn12. The molecule has 0 spiro atoms. The van der Waals surface area contributed by atoms with E-state index in [1.807, 2.05) is 0 Å². The smallest absolute Gasteiger partial charge is 0.417 e. The summed E-state index contributed by atoms with van der Waals surface area (Å²) in [7, 11) is 0. The quantitative estimate of drug-likeness (QED) is 0.701. The van der Waals surface area contributed by atoms with Gasteiger partial charge in [-0.15, -0.1) is 0 Å². The Balaban J connectivity index is 1.94. The third-order valence-corrected chi connectivity index (χ3v) is 4.19. The predicted octanol–water partition coefficient (Wildman–Crippen LogP) is 4.35. The largest absolute Gasteiger partial charge is 0.464 e. The first kappa shape index (κ1) is 15.8. The molecule has 128 valence electrons. The van der Waals surface area contributed by atoms with Gasteiger partial charge in [0.05, 0.1) is 11.9 Å². The van der Waals surface area contributed by atoms with Crippen LogP contribution in [0.15, 0.2) is 30.5 Å². The normalized spacial score (nSPS) is 14.0. The number of carbonyl (C=O) groups is 1. The zero-order valence-corrected chi connectivity index (χ0v) is 13.4. The minimum Gasteiger partial charge on any atom is -0.464 e. The number of hydrogen-bond acceptors (Lipinski definition) is 3. The van der Waals surface area contributed by atoms with Crippen molar-refractivity contribution in [2.24, 2.45) is 0 Å². The molecule has 2 heterocycles. The fraction of sp³-hybridized carbons (Fsp3) is 0.188. The lowest BCUT2D eigenvalue weighted by Crippen LogP contribution is -2.26. The molecule has 1 aliphatic rings. The van der Waals surface area contributed by atoms with E-state index in [0.717, 1.165) is 35.4 Å². The molecule has 6 nitrogen and oxygen atoms in total. The number of benzene rings is 1. The number of amides is 1. The van der Waals surface area contributed by atoms with Crippen LogP contribution in [0.25, 0.3) is 5.65 Å². The first-order valence-electron chi connectivity index (χ1n) is 7.47. The highest BCUT2D eigenvalue weighted by atomic mass is 35.5. The van der Waals surface area contributed by atoms with Gasteiger partial charge in [0, 0.05) is 17.7 Å². The molecule has 1 aromatic carbocycles. The first-order chi connectivity index (χ1) is 11.9. The minimum absolute atomic E-state index is 0.0272. The monoisotopic (exact) mass is 364 g/mol. The fourth-order valence-corrected chi connectivity index (χ4v) is 2.96. The lowest BCUT2D eigenvalue weighted by molar-refractivity contribution is 0.204. The Morgan fingerprint density at radius 2 is 1.92 bits per heavy atom. The van der Waals surface area contributed by atoms with E-state index >= 15 is 0 Å². The summed E-state index contributed by atoms with van der Waals surface area (Å²) in [6.45, 7) is 0. The van der Waals surface area contributed by atoms with Gasteiger partial charge in [-0.25, -0.2) is 23.5 Å². The Labute approximate surface area is 145 Å². The average Bonchev–Trinajstić information content (AvgIpc) is 3.26. The topological polar surface area (TPSA) is 70.7 Å². The Hall–Kier alpha value is -2.74. The second-order valence-corrected chi connectivity index (χ2v) is 6.18. The molecule has 0 bridgehead atoms. The molecule has 9 heteroatoms. The maximum atomic E-state index is 13.6. The Morgan fingerprint density at radius 3 is 2.52 bits per heavy atom. The van der Waals surface area contributed by atoms with Crippen molar-refractivity contribution in [3.63, 3.8) is 0 Å². The average molecular weight is 365 g/mol. The van der Waals surface area contributed by atoms with Crippen LogP contribution in [0.5, 0.6) is 0 Å². The molecule has 0 radical (unpaired) electrons. The van der Waals surface area contributed by atoms with Crippen LogP contribution in [0.1, 0.15) is 24.3 Å². The molecule has 3 aromatic rings. The summed E-state index contributed by atoms with van der Waals surface area (Å²) in [5.74, 6) is -1.44. The highest BCUT2D eigenvalue weighted by Gasteiger charge is 2.30. The van der Waals surface area contributed by atoms with Crippen molar-refractivity contribution in [3.05, 3.63) is 52.8 Å². The number of nitrogens with zero attached hydrogens (tertiary/aromatic N) is 4. The van der Waals surface area contributed by atoms with Crippen LogP contribution in [-0.2, 0) is 0 Å². The minimum atomic E-state index is -1.43. The van der Waals surface area contributed by atoms with Gasteiger partial charge >= 0.3 is 6.09 Å². The number of halogens is 3. The summed E-state index contributed by atoms with van der Waals surface area (Å²) in [5, 5.41) is 13.9. The lowest BCUT2D eigenvalue weighted by atomic mass is 10.2. The highest BCUT2D eigenvalue weighted by Crippen LogP contribution is 2.42. The Kier molecular flexibility index (Phi) is 3.57. The van der Waals surface area contributed by atoms with E-state index in [2.05, 4.69) is 10.1 Å². The summed E-state index contributed by atoms with van der Waals surface area (Å²) >= 11 is 6.06. The van der Waals surface area contributed by atoms with Gasteiger partial charge in [-0.3, -0.25) is 0 Å². The second-order valence-electron chi connectivity index (χ2n) is 5.79. The summed E-state index contributed by atoms with van der Waals surface area (Å²) in [6.07, 6.45) is 2.19. The second kappa shape index (κ2) is 5.66. The standard InChI is InChI=1S/C16H11ClF2N4O2/c17-13-6-14(23-15(21-13)12(7-20-23)8-1-2-8)22(16(24)25)11-4-9(18)3-10(19)5-11/h3-8H,1-2H2,(H,24,25). The van der Waals surface area contributed by atoms with Crippen molar-refractivity contribution in [1.29, 1.82) is 0 Å². The molecule has 1 amide bonds. The summed E-state index contributed by atoms with van der Waals surface area (Å²) in [6, 6.07) is 3.79. The van der Waals surface area contributed by atoms with Crippen LogP contribution in [0.2, 0.25) is 5.15 Å². The molecule has 25 heavy (non-hydrogen) atoms. The molecule has 0 aliphatic heterocycles.